The third-order valence-corrected chi connectivity index (χ3v) is 1.33. The molecule has 3 nitrogen and oxygen atoms in total. The molecule has 0 aromatic carbocycles. The fraction of sp³-hybridized carbons (Fsp3) is 0.857. The van der Waals surface area contributed by atoms with Crippen molar-refractivity contribution in [1.29, 1.82) is 0 Å². The lowest BCUT2D eigenvalue weighted by Gasteiger charge is -2.08. The van der Waals surface area contributed by atoms with Crippen molar-refractivity contribution in [2.24, 2.45) is 0 Å². The second kappa shape index (κ2) is 6.55. The predicted molar refractivity (Wildman–Crippen MR) is 37.9 cm³/mol. The largest absolute Gasteiger partial charge is 0.439 e. The summed E-state index contributed by atoms with van der Waals surface area (Å²) in [6, 6.07) is 0.159. The van der Waals surface area contributed by atoms with Crippen molar-refractivity contribution in [1.82, 2.24) is 5.48 Å². The van der Waals surface area contributed by atoms with Crippen LogP contribution in [0, 0.1) is 0 Å². The van der Waals surface area contributed by atoms with Gasteiger partial charge in [-0.05, 0) is 18.3 Å². The molecule has 1 unspecified atom stereocenters. The van der Waals surface area contributed by atoms with Crippen molar-refractivity contribution in [3.8, 4) is 0 Å². The van der Waals surface area contributed by atoms with E-state index >= 15 is 0 Å². The summed E-state index contributed by atoms with van der Waals surface area (Å²) in [6.45, 7) is 5.36. The molecule has 0 aliphatic rings. The van der Waals surface area contributed by atoms with E-state index in [4.69, 9.17) is 0 Å². The van der Waals surface area contributed by atoms with Crippen molar-refractivity contribution in [3.05, 3.63) is 0 Å². The maximum atomic E-state index is 9.59. The van der Waals surface area contributed by atoms with E-state index in [1.807, 2.05) is 6.92 Å². The summed E-state index contributed by atoms with van der Waals surface area (Å²) >= 11 is 0. The maximum Gasteiger partial charge on any atom is 0.439 e. The van der Waals surface area contributed by atoms with Crippen LogP contribution < -0.4 is 5.48 Å². The maximum absolute atomic E-state index is 9.59. The summed E-state index contributed by atoms with van der Waals surface area (Å²) in [5.74, 6) is 0. The van der Waals surface area contributed by atoms with Crippen LogP contribution in [0.25, 0.3) is 0 Å². The molecule has 0 bridgehead atoms. The lowest BCUT2D eigenvalue weighted by atomic mass is 10.1. The van der Waals surface area contributed by atoms with Crippen molar-refractivity contribution < 1.29 is 9.63 Å². The molecular weight excluding hydrogens is 130 g/mol. The highest BCUT2D eigenvalue weighted by Gasteiger charge is 2.05. The van der Waals surface area contributed by atoms with E-state index < -0.39 is 0 Å². The van der Waals surface area contributed by atoms with Gasteiger partial charge in [-0.15, -0.1) is 0 Å². The van der Waals surface area contributed by atoms with Gasteiger partial charge in [-0.25, -0.2) is 4.79 Å². The Hall–Kier alpha value is -0.570. The zero-order chi connectivity index (χ0) is 7.82. The van der Waals surface area contributed by atoms with Gasteiger partial charge < -0.3 is 4.84 Å². The molecule has 0 aliphatic heterocycles. The van der Waals surface area contributed by atoms with Crippen LogP contribution in [0.4, 0.5) is 0 Å². The smallest absolute Gasteiger partial charge is 0.340 e. The van der Waals surface area contributed by atoms with Crippen LogP contribution >= 0.6 is 0 Å². The number of carbonyl (C=O) groups excluding carboxylic acids is 1. The summed E-state index contributed by atoms with van der Waals surface area (Å²) in [4.78, 5) is 13.7. The zero-order valence-corrected chi connectivity index (χ0v) is 6.46. The molecule has 0 spiro atoms. The lowest BCUT2D eigenvalue weighted by molar-refractivity contribution is 0.115. The Bertz CT molecular complexity index is 85.7. The van der Waals surface area contributed by atoms with Crippen LogP contribution in [-0.2, 0) is 9.63 Å². The summed E-state index contributed by atoms with van der Waals surface area (Å²) in [7, 11) is 0. The molecule has 10 heavy (non-hydrogen) atoms. The fourth-order valence-electron chi connectivity index (χ4n) is 0.761. The first kappa shape index (κ1) is 9.43. The molecular formula is C7H13NO2. The Morgan fingerprint density at radius 1 is 1.60 bits per heavy atom. The molecule has 0 heterocycles. The average molecular weight is 143 g/mol. The molecule has 2 radical (unpaired) electrons. The molecule has 0 saturated heterocycles. The quantitative estimate of drug-likeness (QED) is 0.523. The van der Waals surface area contributed by atoms with Crippen molar-refractivity contribution in [2.75, 3.05) is 0 Å². The molecule has 0 aromatic heterocycles. The van der Waals surface area contributed by atoms with Crippen LogP contribution in [0.2, 0.25) is 0 Å². The van der Waals surface area contributed by atoms with E-state index in [2.05, 4.69) is 17.2 Å². The van der Waals surface area contributed by atoms with Gasteiger partial charge >= 0.3 is 6.47 Å². The van der Waals surface area contributed by atoms with E-state index in [1.54, 1.807) is 0 Å². The SMILES string of the molecule is CCCC(CC)[N]O[C]=O. The standard InChI is InChI=1S/C7H13NO2/c1-3-5-7(4-2)8-10-6-9/h7H,3-5H2,1-2H3. The van der Waals surface area contributed by atoms with E-state index in [0.717, 1.165) is 19.3 Å². The first-order chi connectivity index (χ1) is 4.85. The minimum atomic E-state index is 0.159. The molecule has 0 rings (SSSR count). The molecule has 0 fully saturated rings. The summed E-state index contributed by atoms with van der Waals surface area (Å²) in [5, 5.41) is 0. The Morgan fingerprint density at radius 2 is 2.30 bits per heavy atom. The summed E-state index contributed by atoms with van der Waals surface area (Å²) in [5.41, 5.74) is 3.63. The van der Waals surface area contributed by atoms with Crippen molar-refractivity contribution >= 4 is 6.47 Å². The predicted octanol–water partition coefficient (Wildman–Crippen LogP) is 1.17. The monoisotopic (exact) mass is 143 g/mol. The zero-order valence-electron chi connectivity index (χ0n) is 6.46. The Morgan fingerprint density at radius 3 is 2.70 bits per heavy atom. The molecule has 0 N–H and O–H groups in total. The highest BCUT2D eigenvalue weighted by atomic mass is 16.7. The highest BCUT2D eigenvalue weighted by Crippen LogP contribution is 2.01. The average Bonchev–Trinajstić information content (AvgIpc) is 1.98. The molecule has 0 amide bonds. The second-order valence-corrected chi connectivity index (χ2v) is 2.13. The van der Waals surface area contributed by atoms with Gasteiger partial charge in [0.25, 0.3) is 0 Å². The number of hydrogen-bond donors (Lipinski definition) is 0. The Labute approximate surface area is 61.7 Å². The van der Waals surface area contributed by atoms with Gasteiger partial charge in [0.1, 0.15) is 0 Å². The van der Waals surface area contributed by atoms with Crippen LogP contribution in [0.15, 0.2) is 0 Å². The van der Waals surface area contributed by atoms with Crippen molar-refractivity contribution in [3.63, 3.8) is 0 Å². The summed E-state index contributed by atoms with van der Waals surface area (Å²) < 4.78 is 0. The minimum Gasteiger partial charge on any atom is -0.340 e. The molecule has 0 saturated carbocycles. The Kier molecular flexibility index (Phi) is 6.18. The third-order valence-electron chi connectivity index (χ3n) is 1.33. The number of hydroxylamine groups is 1. The normalized spacial score (nSPS) is 12.6. The second-order valence-electron chi connectivity index (χ2n) is 2.13. The van der Waals surface area contributed by atoms with Crippen LogP contribution in [0.3, 0.4) is 0 Å². The van der Waals surface area contributed by atoms with Gasteiger partial charge in [-0.3, -0.25) is 0 Å². The fourth-order valence-corrected chi connectivity index (χ4v) is 0.761. The van der Waals surface area contributed by atoms with Gasteiger partial charge in [0.2, 0.25) is 0 Å². The topological polar surface area (TPSA) is 40.4 Å². The van der Waals surface area contributed by atoms with Crippen LogP contribution in [-0.4, -0.2) is 12.5 Å². The molecule has 0 aliphatic carbocycles. The van der Waals surface area contributed by atoms with E-state index in [1.165, 1.54) is 6.47 Å². The molecule has 58 valence electrons. The minimum absolute atomic E-state index is 0.159. The lowest BCUT2D eigenvalue weighted by Crippen LogP contribution is -2.20. The summed E-state index contributed by atoms with van der Waals surface area (Å²) in [6.07, 6.45) is 2.94. The van der Waals surface area contributed by atoms with E-state index in [0.29, 0.717) is 0 Å². The number of rotatable bonds is 6. The van der Waals surface area contributed by atoms with Gasteiger partial charge in [0.05, 0.1) is 6.04 Å². The molecule has 3 heteroatoms. The third kappa shape index (κ3) is 4.32. The van der Waals surface area contributed by atoms with Crippen LogP contribution in [0.5, 0.6) is 0 Å². The number of hydrogen-bond acceptors (Lipinski definition) is 2. The first-order valence-electron chi connectivity index (χ1n) is 3.58. The van der Waals surface area contributed by atoms with Gasteiger partial charge in [0, 0.05) is 0 Å². The number of nitrogens with zero attached hydrogens (tertiary/aromatic N) is 1. The molecule has 1 atom stereocenters. The van der Waals surface area contributed by atoms with Crippen molar-refractivity contribution in [2.45, 2.75) is 39.2 Å². The van der Waals surface area contributed by atoms with Gasteiger partial charge in [0.15, 0.2) is 0 Å². The highest BCUT2D eigenvalue weighted by molar-refractivity contribution is 5.37. The first-order valence-corrected chi connectivity index (χ1v) is 3.58. The molecule has 0 aromatic rings. The van der Waals surface area contributed by atoms with E-state index in [-0.39, 0.29) is 6.04 Å². The Balaban J connectivity index is 3.29. The van der Waals surface area contributed by atoms with Gasteiger partial charge in [-0.2, -0.15) is 0 Å². The van der Waals surface area contributed by atoms with E-state index in [9.17, 15) is 4.79 Å². The van der Waals surface area contributed by atoms with Gasteiger partial charge in [-0.1, -0.05) is 20.3 Å². The van der Waals surface area contributed by atoms with Crippen LogP contribution in [0.1, 0.15) is 33.1 Å².